The van der Waals surface area contributed by atoms with E-state index in [9.17, 15) is 4.79 Å². The average molecular weight is 705 g/mol. The Morgan fingerprint density at radius 2 is 1.96 bits per heavy atom. The van der Waals surface area contributed by atoms with Crippen molar-refractivity contribution in [3.8, 4) is 16.9 Å². The summed E-state index contributed by atoms with van der Waals surface area (Å²) in [4.78, 5) is 25.9. The minimum absolute atomic E-state index is 0.0617. The van der Waals surface area contributed by atoms with Crippen molar-refractivity contribution in [2.24, 2.45) is 5.73 Å². The van der Waals surface area contributed by atoms with Gasteiger partial charge in [-0.3, -0.25) is 19.8 Å². The van der Waals surface area contributed by atoms with Crippen molar-refractivity contribution in [3.05, 3.63) is 81.1 Å². The first-order valence-corrected chi connectivity index (χ1v) is 18.4. The predicted octanol–water partition coefficient (Wildman–Crippen LogP) is 6.05. The molecule has 2 aromatic heterocycles. The number of piperidine rings is 1. The zero-order chi connectivity index (χ0) is 35.2. The Kier molecular flexibility index (Phi) is 12.0. The highest BCUT2D eigenvalue weighted by molar-refractivity contribution is 6.31. The fraction of sp³-hybridized carbons (Fsp3) is 0.500. The molecule has 2 aliphatic heterocycles. The third kappa shape index (κ3) is 8.81. The lowest BCUT2D eigenvalue weighted by atomic mass is 9.89. The lowest BCUT2D eigenvalue weighted by molar-refractivity contribution is 0.0179. The summed E-state index contributed by atoms with van der Waals surface area (Å²) in [6.07, 6.45) is 8.59. The van der Waals surface area contributed by atoms with Gasteiger partial charge in [0.1, 0.15) is 5.65 Å². The molecule has 0 spiro atoms. The highest BCUT2D eigenvalue weighted by atomic mass is 35.5. The van der Waals surface area contributed by atoms with Crippen LogP contribution in [0.3, 0.4) is 0 Å². The first-order valence-electron chi connectivity index (χ1n) is 18.0. The fourth-order valence-corrected chi connectivity index (χ4v) is 7.68. The van der Waals surface area contributed by atoms with E-state index in [1.165, 1.54) is 5.56 Å². The molecule has 5 N–H and O–H groups in total. The van der Waals surface area contributed by atoms with Gasteiger partial charge in [-0.1, -0.05) is 23.7 Å². The van der Waals surface area contributed by atoms with E-state index < -0.39 is 11.5 Å². The second-order valence-corrected chi connectivity index (χ2v) is 14.3. The van der Waals surface area contributed by atoms with Crippen LogP contribution >= 0.6 is 11.6 Å². The van der Waals surface area contributed by atoms with Crippen LogP contribution in [0.1, 0.15) is 69.5 Å². The zero-order valence-electron chi connectivity index (χ0n) is 29.2. The van der Waals surface area contributed by atoms with Gasteiger partial charge in [-0.2, -0.15) is 4.98 Å². The number of hydrogen-bond acceptors (Lipinski definition) is 7. The Bertz CT molecular complexity index is 1820. The van der Waals surface area contributed by atoms with Gasteiger partial charge in [0.25, 0.3) is 0 Å². The van der Waals surface area contributed by atoms with E-state index in [4.69, 9.17) is 27.5 Å². The molecule has 0 radical (unpaired) electrons. The summed E-state index contributed by atoms with van der Waals surface area (Å²) >= 11 is 6.31. The number of nitrogens with zero attached hydrogens (tertiary/aromatic N) is 4. The molecule has 2 aliphatic rings. The number of nitrogens with two attached hydrogens (primary N) is 1. The number of hydrogen-bond donors (Lipinski definition) is 4. The normalized spacial score (nSPS) is 19.5. The number of fused-ring (bicyclic) bond motifs is 1. The Morgan fingerprint density at radius 3 is 2.70 bits per heavy atom. The summed E-state index contributed by atoms with van der Waals surface area (Å²) in [7, 11) is 0. The van der Waals surface area contributed by atoms with E-state index in [1.54, 1.807) is 23.8 Å². The van der Waals surface area contributed by atoms with Gasteiger partial charge in [-0.05, 0) is 100 Å². The molecule has 0 amide bonds. The molecule has 4 heterocycles. The number of halogens is 2. The smallest absolute Gasteiger partial charge is 0.354 e. The first-order chi connectivity index (χ1) is 24.2. The largest absolute Gasteiger partial charge is 0.379 e. The van der Waals surface area contributed by atoms with Crippen molar-refractivity contribution in [2.75, 3.05) is 45.9 Å². The number of likely N-dealkylation sites (tertiary alicyclic amines) is 1. The Hall–Kier alpha value is -3.61. The summed E-state index contributed by atoms with van der Waals surface area (Å²) in [6, 6.07) is 14.3. The highest BCUT2D eigenvalue weighted by Crippen LogP contribution is 2.36. The molecule has 6 rings (SSSR count). The third-order valence-corrected chi connectivity index (χ3v) is 10.4. The van der Waals surface area contributed by atoms with E-state index in [0.29, 0.717) is 34.2 Å². The SMILES string of the molecule is CC(=N)NCC[C@@H]1CCC[C@@H](c2ccc(-n3cc4cc(-c5cc(CCC[C@H](C)N)cc(Cl)c5F)[nH]c4nc3=O)cc2)N1CCN1CCOCC1. The summed E-state index contributed by atoms with van der Waals surface area (Å²) in [5, 5.41) is 11.8. The third-order valence-electron chi connectivity index (χ3n) is 10.1. The average Bonchev–Trinajstić information content (AvgIpc) is 3.51. The molecule has 4 aromatic rings. The number of ether oxygens (including phenoxy) is 1. The van der Waals surface area contributed by atoms with Crippen LogP contribution in [0.25, 0.3) is 28.0 Å². The number of aromatic amines is 1. The van der Waals surface area contributed by atoms with Gasteiger partial charge in [0.2, 0.25) is 0 Å². The molecule has 50 heavy (non-hydrogen) atoms. The summed E-state index contributed by atoms with van der Waals surface area (Å²) < 4.78 is 22.4. The molecule has 2 saturated heterocycles. The Balaban J connectivity index is 1.23. The molecule has 2 fully saturated rings. The van der Waals surface area contributed by atoms with Crippen LogP contribution in [0.4, 0.5) is 4.39 Å². The molecular formula is C38H50ClFN8O2. The van der Waals surface area contributed by atoms with Crippen LogP contribution in [0.2, 0.25) is 5.02 Å². The van der Waals surface area contributed by atoms with E-state index >= 15 is 4.39 Å². The van der Waals surface area contributed by atoms with Crippen molar-refractivity contribution in [3.63, 3.8) is 0 Å². The molecular weight excluding hydrogens is 655 g/mol. The van der Waals surface area contributed by atoms with E-state index in [2.05, 4.69) is 37.2 Å². The van der Waals surface area contributed by atoms with Crippen LogP contribution in [0.15, 0.2) is 53.5 Å². The summed E-state index contributed by atoms with van der Waals surface area (Å²) in [5.41, 5.74) is 9.64. The number of benzene rings is 2. The summed E-state index contributed by atoms with van der Waals surface area (Å²) in [6.45, 7) is 10.0. The molecule has 2 aromatic carbocycles. The number of morpholine rings is 1. The minimum Gasteiger partial charge on any atom is -0.379 e. The first kappa shape index (κ1) is 36.2. The molecule has 12 heteroatoms. The van der Waals surface area contributed by atoms with Gasteiger partial charge in [0, 0.05) is 68.0 Å². The van der Waals surface area contributed by atoms with Crippen molar-refractivity contribution >= 4 is 28.5 Å². The monoisotopic (exact) mass is 704 g/mol. The molecule has 268 valence electrons. The molecule has 3 atom stereocenters. The van der Waals surface area contributed by atoms with E-state index in [-0.39, 0.29) is 17.1 Å². The van der Waals surface area contributed by atoms with Gasteiger partial charge >= 0.3 is 5.69 Å². The zero-order valence-corrected chi connectivity index (χ0v) is 29.9. The quantitative estimate of drug-likeness (QED) is 0.0986. The number of amidine groups is 1. The topological polar surface area (TPSA) is 128 Å². The maximum absolute atomic E-state index is 15.3. The minimum atomic E-state index is -0.509. The number of nitrogens with one attached hydrogen (secondary N) is 3. The van der Waals surface area contributed by atoms with Gasteiger partial charge < -0.3 is 20.8 Å². The molecule has 0 aliphatic carbocycles. The van der Waals surface area contributed by atoms with Crippen molar-refractivity contribution in [1.29, 1.82) is 5.41 Å². The molecule has 0 saturated carbocycles. The predicted molar refractivity (Wildman–Crippen MR) is 199 cm³/mol. The van der Waals surface area contributed by atoms with Gasteiger partial charge in [0.05, 0.1) is 35.5 Å². The van der Waals surface area contributed by atoms with Crippen molar-refractivity contribution in [2.45, 2.75) is 76.9 Å². The van der Waals surface area contributed by atoms with Crippen LogP contribution in [-0.2, 0) is 11.2 Å². The standard InChI is InChI=1S/C38H50ClFN8O2/c1-25(41)5-3-6-27-21-32(36(40)33(39)22-27)34-23-29-24-48(38(49)45-37(29)44-34)31-11-9-28(10-12-31)35-8-4-7-30(13-14-43-26(2)42)47(35)16-15-46-17-19-50-20-18-46/h9-12,21-25,30,35H,3-8,13-20,41H2,1-2H3,(H2,42,43)(H,44,45,49)/t25-,30-,35-/m0/s1. The maximum atomic E-state index is 15.3. The molecule has 0 unspecified atom stereocenters. The fourth-order valence-electron chi connectivity index (χ4n) is 7.44. The van der Waals surface area contributed by atoms with Gasteiger partial charge in [-0.15, -0.1) is 0 Å². The number of aryl methyl sites for hydroxylation is 1. The van der Waals surface area contributed by atoms with Crippen molar-refractivity contribution < 1.29 is 9.13 Å². The Labute approximate surface area is 298 Å². The molecule has 10 nitrogen and oxygen atoms in total. The summed E-state index contributed by atoms with van der Waals surface area (Å²) in [5.74, 6) is -0.00819. The van der Waals surface area contributed by atoms with Crippen LogP contribution in [-0.4, -0.2) is 88.2 Å². The van der Waals surface area contributed by atoms with E-state index in [0.717, 1.165) is 102 Å². The number of rotatable bonds is 13. The van der Waals surface area contributed by atoms with E-state index in [1.807, 2.05) is 31.2 Å². The number of H-pyrrole nitrogens is 1. The van der Waals surface area contributed by atoms with Gasteiger partial charge in [-0.25, -0.2) is 9.18 Å². The van der Waals surface area contributed by atoms with Gasteiger partial charge in [0.15, 0.2) is 5.82 Å². The van der Waals surface area contributed by atoms with Crippen LogP contribution < -0.4 is 16.7 Å². The van der Waals surface area contributed by atoms with Crippen LogP contribution in [0, 0.1) is 11.2 Å². The lowest BCUT2D eigenvalue weighted by Gasteiger charge is -2.44. The Morgan fingerprint density at radius 1 is 1.18 bits per heavy atom. The maximum Gasteiger partial charge on any atom is 0.354 e. The highest BCUT2D eigenvalue weighted by Gasteiger charge is 2.31. The van der Waals surface area contributed by atoms with Crippen molar-refractivity contribution in [1.82, 2.24) is 29.7 Å². The lowest BCUT2D eigenvalue weighted by Crippen LogP contribution is -2.48. The number of aromatic nitrogens is 3. The molecule has 0 bridgehead atoms. The second-order valence-electron chi connectivity index (χ2n) is 13.9. The van der Waals surface area contributed by atoms with Crippen LogP contribution in [0.5, 0.6) is 0 Å². The second kappa shape index (κ2) is 16.6.